The molecule has 1 aliphatic rings. The molecule has 2 nitrogen and oxygen atoms in total. The van der Waals surface area contributed by atoms with E-state index in [-0.39, 0.29) is 0 Å². The second-order valence-corrected chi connectivity index (χ2v) is 5.48. The van der Waals surface area contributed by atoms with E-state index < -0.39 is 0 Å². The third kappa shape index (κ3) is 2.50. The van der Waals surface area contributed by atoms with Crippen molar-refractivity contribution in [1.82, 2.24) is 0 Å². The van der Waals surface area contributed by atoms with Gasteiger partial charge in [-0.3, -0.25) is 0 Å². The van der Waals surface area contributed by atoms with Crippen molar-refractivity contribution in [2.45, 2.75) is 19.4 Å². The molecular formula is C17H15ClN2. The van der Waals surface area contributed by atoms with Gasteiger partial charge in [0.2, 0.25) is 0 Å². The summed E-state index contributed by atoms with van der Waals surface area (Å²) in [4.78, 5) is 2.30. The number of halogens is 1. The average molecular weight is 283 g/mol. The number of hydrogen-bond acceptors (Lipinski definition) is 2. The summed E-state index contributed by atoms with van der Waals surface area (Å²) in [5.74, 6) is 0. The monoisotopic (exact) mass is 282 g/mol. The van der Waals surface area contributed by atoms with Crippen LogP contribution in [0.1, 0.15) is 23.1 Å². The number of aryl methyl sites for hydroxylation is 1. The molecule has 20 heavy (non-hydrogen) atoms. The minimum Gasteiger partial charge on any atom is -0.366 e. The molecule has 0 amide bonds. The highest BCUT2D eigenvalue weighted by atomic mass is 35.5. The number of rotatable bonds is 1. The number of benzene rings is 2. The van der Waals surface area contributed by atoms with E-state index in [1.165, 1.54) is 11.1 Å². The Hall–Kier alpha value is -1.98. The number of hydrogen-bond donors (Lipinski definition) is 0. The fourth-order valence-corrected chi connectivity index (χ4v) is 3.04. The van der Waals surface area contributed by atoms with Crippen LogP contribution in [0, 0.1) is 11.3 Å². The first kappa shape index (κ1) is 13.0. The van der Waals surface area contributed by atoms with Gasteiger partial charge < -0.3 is 4.90 Å². The van der Waals surface area contributed by atoms with E-state index in [1.54, 1.807) is 6.07 Å². The van der Waals surface area contributed by atoms with Crippen LogP contribution in [0.25, 0.3) is 0 Å². The Labute approximate surface area is 124 Å². The molecule has 0 spiro atoms. The summed E-state index contributed by atoms with van der Waals surface area (Å²) in [5.41, 5.74) is 4.42. The molecule has 2 aromatic rings. The van der Waals surface area contributed by atoms with Crippen molar-refractivity contribution in [2.75, 3.05) is 11.4 Å². The third-order valence-corrected chi connectivity index (χ3v) is 4.07. The van der Waals surface area contributed by atoms with Gasteiger partial charge in [0.15, 0.2) is 0 Å². The maximum absolute atomic E-state index is 8.92. The van der Waals surface area contributed by atoms with Crippen LogP contribution in [0.5, 0.6) is 0 Å². The number of nitriles is 1. The minimum atomic E-state index is 0.606. The molecule has 0 saturated heterocycles. The molecule has 2 aromatic carbocycles. The van der Waals surface area contributed by atoms with E-state index in [9.17, 15) is 0 Å². The van der Waals surface area contributed by atoms with E-state index in [1.807, 2.05) is 12.1 Å². The largest absolute Gasteiger partial charge is 0.366 e. The Morgan fingerprint density at radius 2 is 1.90 bits per heavy atom. The van der Waals surface area contributed by atoms with Gasteiger partial charge in [-0.2, -0.15) is 5.26 Å². The predicted molar refractivity (Wildman–Crippen MR) is 82.0 cm³/mol. The molecule has 0 fully saturated rings. The molecule has 3 rings (SSSR count). The second-order valence-electron chi connectivity index (χ2n) is 5.07. The van der Waals surface area contributed by atoms with Crippen LogP contribution < -0.4 is 4.90 Å². The summed E-state index contributed by atoms with van der Waals surface area (Å²) in [6.45, 7) is 1.86. The number of nitrogens with zero attached hydrogens (tertiary/aromatic N) is 2. The van der Waals surface area contributed by atoms with E-state index in [2.05, 4.69) is 35.2 Å². The van der Waals surface area contributed by atoms with E-state index in [0.717, 1.165) is 31.6 Å². The van der Waals surface area contributed by atoms with Crippen molar-refractivity contribution < 1.29 is 0 Å². The lowest BCUT2D eigenvalue weighted by molar-refractivity contribution is 0.766. The maximum atomic E-state index is 8.92. The Balaban J connectivity index is 1.94. The van der Waals surface area contributed by atoms with Crippen molar-refractivity contribution >= 4 is 17.3 Å². The van der Waals surface area contributed by atoms with Crippen LogP contribution in [0.3, 0.4) is 0 Å². The molecule has 1 aliphatic heterocycles. The lowest BCUT2D eigenvalue weighted by Crippen LogP contribution is -2.22. The molecule has 0 atom stereocenters. The van der Waals surface area contributed by atoms with Gasteiger partial charge in [-0.15, -0.1) is 0 Å². The van der Waals surface area contributed by atoms with Crippen LogP contribution in [0.2, 0.25) is 5.02 Å². The van der Waals surface area contributed by atoms with Crippen molar-refractivity contribution in [3.05, 3.63) is 64.2 Å². The fraction of sp³-hybridized carbons (Fsp3) is 0.235. The quantitative estimate of drug-likeness (QED) is 0.785. The van der Waals surface area contributed by atoms with Crippen LogP contribution in [0.15, 0.2) is 42.5 Å². The first-order valence-electron chi connectivity index (χ1n) is 6.79. The molecule has 0 unspecified atom stereocenters. The van der Waals surface area contributed by atoms with Crippen LogP contribution >= 0.6 is 11.6 Å². The Morgan fingerprint density at radius 1 is 1.10 bits per heavy atom. The molecule has 100 valence electrons. The van der Waals surface area contributed by atoms with Gasteiger partial charge >= 0.3 is 0 Å². The van der Waals surface area contributed by atoms with Gasteiger partial charge in [0.25, 0.3) is 0 Å². The topological polar surface area (TPSA) is 27.0 Å². The lowest BCUT2D eigenvalue weighted by Gasteiger charge is -2.24. The van der Waals surface area contributed by atoms with E-state index in [4.69, 9.17) is 16.9 Å². The molecule has 0 radical (unpaired) electrons. The summed E-state index contributed by atoms with van der Waals surface area (Å²) >= 11 is 6.33. The molecule has 0 N–H and O–H groups in total. The highest BCUT2D eigenvalue weighted by Gasteiger charge is 2.16. The van der Waals surface area contributed by atoms with E-state index in [0.29, 0.717) is 10.6 Å². The molecule has 0 aliphatic carbocycles. The molecule has 1 heterocycles. The van der Waals surface area contributed by atoms with Crippen LogP contribution in [0.4, 0.5) is 5.69 Å². The number of anilines is 1. The van der Waals surface area contributed by atoms with Gasteiger partial charge in [-0.05, 0) is 42.2 Å². The lowest BCUT2D eigenvalue weighted by atomic mass is 10.0. The zero-order valence-electron chi connectivity index (χ0n) is 11.1. The second kappa shape index (κ2) is 5.56. The normalized spacial score (nSPS) is 14.3. The Kier molecular flexibility index (Phi) is 3.62. The molecule has 0 saturated carbocycles. The van der Waals surface area contributed by atoms with Crippen molar-refractivity contribution in [1.29, 1.82) is 5.26 Å². The fourth-order valence-electron chi connectivity index (χ4n) is 2.74. The van der Waals surface area contributed by atoms with Gasteiger partial charge in [-0.1, -0.05) is 35.9 Å². The highest BCUT2D eigenvalue weighted by molar-refractivity contribution is 6.33. The van der Waals surface area contributed by atoms with Crippen molar-refractivity contribution in [2.24, 2.45) is 0 Å². The summed E-state index contributed by atoms with van der Waals surface area (Å²) in [6.07, 6.45) is 2.23. The third-order valence-electron chi connectivity index (χ3n) is 3.77. The van der Waals surface area contributed by atoms with Gasteiger partial charge in [0.05, 0.1) is 22.3 Å². The van der Waals surface area contributed by atoms with Gasteiger partial charge in [0.1, 0.15) is 0 Å². The smallest absolute Gasteiger partial charge is 0.0992 e. The Morgan fingerprint density at radius 3 is 2.65 bits per heavy atom. The summed E-state index contributed by atoms with van der Waals surface area (Å²) in [6, 6.07) is 16.2. The number of fused-ring (bicyclic) bond motifs is 1. The van der Waals surface area contributed by atoms with Crippen LogP contribution in [-0.2, 0) is 13.0 Å². The first-order chi connectivity index (χ1) is 9.78. The Bertz CT molecular complexity index is 673. The molecule has 3 heteroatoms. The highest BCUT2D eigenvalue weighted by Crippen LogP contribution is 2.30. The average Bonchev–Trinajstić information content (AvgIpc) is 2.69. The SMILES string of the molecule is N#Cc1ccc(N2CCCc3ccccc3C2)c(Cl)c1. The zero-order valence-corrected chi connectivity index (χ0v) is 11.9. The summed E-state index contributed by atoms with van der Waals surface area (Å²) < 4.78 is 0. The van der Waals surface area contributed by atoms with Crippen molar-refractivity contribution in [3.8, 4) is 6.07 Å². The standard InChI is InChI=1S/C17H15ClN2/c18-16-10-13(11-19)7-8-17(16)20-9-3-6-14-4-1-2-5-15(14)12-20/h1-2,4-5,7-8,10H,3,6,9,12H2. The summed E-state index contributed by atoms with van der Waals surface area (Å²) in [7, 11) is 0. The predicted octanol–water partition coefficient (Wildman–Crippen LogP) is 4.16. The van der Waals surface area contributed by atoms with Gasteiger partial charge in [0, 0.05) is 13.1 Å². The molecule has 0 aromatic heterocycles. The zero-order chi connectivity index (χ0) is 13.9. The van der Waals surface area contributed by atoms with Gasteiger partial charge in [-0.25, -0.2) is 0 Å². The van der Waals surface area contributed by atoms with E-state index >= 15 is 0 Å². The van der Waals surface area contributed by atoms with Crippen molar-refractivity contribution in [3.63, 3.8) is 0 Å². The van der Waals surface area contributed by atoms with Crippen LogP contribution in [-0.4, -0.2) is 6.54 Å². The maximum Gasteiger partial charge on any atom is 0.0992 e. The molecular weight excluding hydrogens is 268 g/mol. The summed E-state index contributed by atoms with van der Waals surface area (Å²) in [5, 5.41) is 9.57. The molecule has 0 bridgehead atoms. The first-order valence-corrected chi connectivity index (χ1v) is 7.17. The minimum absolute atomic E-state index is 0.606.